The third-order valence-electron chi connectivity index (χ3n) is 2.15. The first-order valence-electron chi connectivity index (χ1n) is 4.83. The smallest absolute Gasteiger partial charge is 0.409 e. The molecule has 0 aromatic heterocycles. The zero-order valence-corrected chi connectivity index (χ0v) is 8.93. The van der Waals surface area contributed by atoms with E-state index in [1.807, 2.05) is 0 Å². The Kier molecular flexibility index (Phi) is 4.42. The van der Waals surface area contributed by atoms with Gasteiger partial charge in [-0.3, -0.25) is 0 Å². The van der Waals surface area contributed by atoms with Gasteiger partial charge in [0.05, 0.1) is 6.61 Å². The number of nitrogens with zero attached hydrogens (tertiary/aromatic N) is 1. The number of thiol groups is 1. The summed E-state index contributed by atoms with van der Waals surface area (Å²) in [7, 11) is 0. The number of carbonyl (C=O) groups is 1. The van der Waals surface area contributed by atoms with Gasteiger partial charge in [0.1, 0.15) is 0 Å². The second kappa shape index (κ2) is 5.37. The van der Waals surface area contributed by atoms with Gasteiger partial charge in [0.2, 0.25) is 0 Å². The zero-order chi connectivity index (χ0) is 9.68. The lowest BCUT2D eigenvalue weighted by atomic mass is 10.4. The van der Waals surface area contributed by atoms with E-state index < -0.39 is 0 Å². The molecule has 13 heavy (non-hydrogen) atoms. The highest BCUT2D eigenvalue weighted by atomic mass is 32.1. The second-order valence-electron chi connectivity index (χ2n) is 3.36. The van der Waals surface area contributed by atoms with E-state index >= 15 is 0 Å². The fraction of sp³-hybridized carbons (Fsp3) is 0.889. The molecular weight excluding hydrogens is 186 g/mol. The first-order valence-corrected chi connectivity index (χ1v) is 5.35. The predicted octanol–water partition coefficient (Wildman–Crippen LogP) is 1.93. The SMILES string of the molecule is CCCCOC(=O)N1CCC(S)C1. The summed E-state index contributed by atoms with van der Waals surface area (Å²) in [4.78, 5) is 13.1. The Morgan fingerprint density at radius 1 is 1.69 bits per heavy atom. The summed E-state index contributed by atoms with van der Waals surface area (Å²) >= 11 is 4.31. The number of likely N-dealkylation sites (tertiary alicyclic amines) is 1. The molecule has 1 amide bonds. The number of carbonyl (C=O) groups excluding carboxylic acids is 1. The van der Waals surface area contributed by atoms with E-state index in [1.165, 1.54) is 0 Å². The molecule has 1 heterocycles. The number of hydrogen-bond acceptors (Lipinski definition) is 3. The van der Waals surface area contributed by atoms with Crippen molar-refractivity contribution in [3.8, 4) is 0 Å². The lowest BCUT2D eigenvalue weighted by molar-refractivity contribution is 0.109. The Balaban J connectivity index is 2.16. The van der Waals surface area contributed by atoms with Crippen molar-refractivity contribution in [3.63, 3.8) is 0 Å². The van der Waals surface area contributed by atoms with Crippen LogP contribution in [0.2, 0.25) is 0 Å². The van der Waals surface area contributed by atoms with Gasteiger partial charge in [-0.15, -0.1) is 0 Å². The fourth-order valence-corrected chi connectivity index (χ4v) is 1.62. The summed E-state index contributed by atoms with van der Waals surface area (Å²) in [6.07, 6.45) is 2.81. The number of rotatable bonds is 3. The molecule has 1 fully saturated rings. The number of hydrogen-bond donors (Lipinski definition) is 1. The van der Waals surface area contributed by atoms with Gasteiger partial charge in [0.25, 0.3) is 0 Å². The van der Waals surface area contributed by atoms with Gasteiger partial charge in [-0.2, -0.15) is 12.6 Å². The topological polar surface area (TPSA) is 29.5 Å². The molecule has 0 saturated carbocycles. The van der Waals surface area contributed by atoms with Crippen molar-refractivity contribution in [2.24, 2.45) is 0 Å². The monoisotopic (exact) mass is 203 g/mol. The molecule has 0 aliphatic carbocycles. The Labute approximate surface area is 84.8 Å². The molecule has 0 bridgehead atoms. The molecule has 4 heteroatoms. The summed E-state index contributed by atoms with van der Waals surface area (Å²) in [6, 6.07) is 0. The van der Waals surface area contributed by atoms with Gasteiger partial charge < -0.3 is 9.64 Å². The van der Waals surface area contributed by atoms with Crippen LogP contribution in [0.15, 0.2) is 0 Å². The standard InChI is InChI=1S/C9H17NO2S/c1-2-3-6-12-9(11)10-5-4-8(13)7-10/h8,13H,2-7H2,1H3. The van der Waals surface area contributed by atoms with Crippen molar-refractivity contribution in [1.82, 2.24) is 4.90 Å². The minimum absolute atomic E-state index is 0.176. The fourth-order valence-electron chi connectivity index (χ4n) is 1.30. The summed E-state index contributed by atoms with van der Waals surface area (Å²) in [5.41, 5.74) is 0. The van der Waals surface area contributed by atoms with Crippen LogP contribution in [0.1, 0.15) is 26.2 Å². The normalized spacial score (nSPS) is 22.0. The Bertz CT molecular complexity index is 175. The van der Waals surface area contributed by atoms with Gasteiger partial charge in [0.15, 0.2) is 0 Å². The molecule has 1 saturated heterocycles. The first-order chi connectivity index (χ1) is 6.24. The number of amides is 1. The van der Waals surface area contributed by atoms with Crippen LogP contribution in [0.4, 0.5) is 4.79 Å². The second-order valence-corrected chi connectivity index (χ2v) is 4.09. The van der Waals surface area contributed by atoms with Gasteiger partial charge >= 0.3 is 6.09 Å². The van der Waals surface area contributed by atoms with Gasteiger partial charge in [-0.05, 0) is 12.8 Å². The zero-order valence-electron chi connectivity index (χ0n) is 8.03. The number of ether oxygens (including phenoxy) is 1. The lowest BCUT2D eigenvalue weighted by Crippen LogP contribution is -2.29. The van der Waals surface area contributed by atoms with E-state index in [2.05, 4.69) is 19.6 Å². The molecule has 1 unspecified atom stereocenters. The molecule has 0 aromatic rings. The molecule has 1 aliphatic heterocycles. The highest BCUT2D eigenvalue weighted by Crippen LogP contribution is 2.14. The lowest BCUT2D eigenvalue weighted by Gasteiger charge is -2.15. The summed E-state index contributed by atoms with van der Waals surface area (Å²) in [5.74, 6) is 0. The highest BCUT2D eigenvalue weighted by molar-refractivity contribution is 7.81. The Morgan fingerprint density at radius 3 is 3.00 bits per heavy atom. The third kappa shape index (κ3) is 3.46. The summed E-state index contributed by atoms with van der Waals surface area (Å²) < 4.78 is 5.07. The van der Waals surface area contributed by atoms with Crippen LogP contribution in [0, 0.1) is 0 Å². The first kappa shape index (κ1) is 10.7. The van der Waals surface area contributed by atoms with E-state index in [9.17, 15) is 4.79 Å². The van der Waals surface area contributed by atoms with Crippen LogP contribution in [-0.2, 0) is 4.74 Å². The average Bonchev–Trinajstić information content (AvgIpc) is 2.52. The summed E-state index contributed by atoms with van der Waals surface area (Å²) in [6.45, 7) is 4.14. The molecule has 0 radical (unpaired) electrons. The minimum atomic E-state index is -0.176. The largest absolute Gasteiger partial charge is 0.449 e. The predicted molar refractivity (Wildman–Crippen MR) is 55.2 cm³/mol. The molecule has 0 spiro atoms. The molecule has 1 rings (SSSR count). The van der Waals surface area contributed by atoms with Crippen molar-refractivity contribution in [3.05, 3.63) is 0 Å². The van der Waals surface area contributed by atoms with Gasteiger partial charge in [0, 0.05) is 18.3 Å². The maximum Gasteiger partial charge on any atom is 0.409 e. The Hall–Kier alpha value is -0.380. The van der Waals surface area contributed by atoms with Crippen LogP contribution in [0.3, 0.4) is 0 Å². The van der Waals surface area contributed by atoms with Gasteiger partial charge in [-0.25, -0.2) is 4.79 Å². The molecule has 0 aromatic carbocycles. The van der Waals surface area contributed by atoms with E-state index in [4.69, 9.17) is 4.74 Å². The van der Waals surface area contributed by atoms with Crippen LogP contribution in [-0.4, -0.2) is 35.9 Å². The maximum absolute atomic E-state index is 11.3. The molecule has 0 N–H and O–H groups in total. The van der Waals surface area contributed by atoms with Crippen LogP contribution in [0.25, 0.3) is 0 Å². The summed E-state index contributed by atoms with van der Waals surface area (Å²) in [5, 5.41) is 0.332. The Morgan fingerprint density at radius 2 is 2.46 bits per heavy atom. The molecule has 1 atom stereocenters. The quantitative estimate of drug-likeness (QED) is 0.561. The van der Waals surface area contributed by atoms with E-state index in [0.717, 1.165) is 32.4 Å². The van der Waals surface area contributed by atoms with Crippen molar-refractivity contribution in [2.45, 2.75) is 31.4 Å². The molecule has 3 nitrogen and oxygen atoms in total. The van der Waals surface area contributed by atoms with Crippen molar-refractivity contribution < 1.29 is 9.53 Å². The van der Waals surface area contributed by atoms with Crippen molar-refractivity contribution in [1.29, 1.82) is 0 Å². The third-order valence-corrected chi connectivity index (χ3v) is 2.57. The molecular formula is C9H17NO2S. The van der Waals surface area contributed by atoms with Crippen LogP contribution < -0.4 is 0 Å². The van der Waals surface area contributed by atoms with Crippen molar-refractivity contribution >= 4 is 18.7 Å². The molecule has 1 aliphatic rings. The van der Waals surface area contributed by atoms with Crippen molar-refractivity contribution in [2.75, 3.05) is 19.7 Å². The molecule has 76 valence electrons. The average molecular weight is 203 g/mol. The maximum atomic E-state index is 11.3. The van der Waals surface area contributed by atoms with E-state index in [-0.39, 0.29) is 6.09 Å². The van der Waals surface area contributed by atoms with E-state index in [0.29, 0.717) is 11.9 Å². The van der Waals surface area contributed by atoms with Crippen LogP contribution in [0.5, 0.6) is 0 Å². The van der Waals surface area contributed by atoms with Gasteiger partial charge in [-0.1, -0.05) is 13.3 Å². The van der Waals surface area contributed by atoms with Crippen LogP contribution >= 0.6 is 12.6 Å². The highest BCUT2D eigenvalue weighted by Gasteiger charge is 2.24. The van der Waals surface area contributed by atoms with E-state index in [1.54, 1.807) is 4.90 Å². The number of unbranched alkanes of at least 4 members (excludes halogenated alkanes) is 1. The minimum Gasteiger partial charge on any atom is -0.449 e.